The molecule has 152 valence electrons. The highest BCUT2D eigenvalue weighted by atomic mass is 32.2. The lowest BCUT2D eigenvalue weighted by Gasteiger charge is -2.23. The molecule has 0 radical (unpaired) electrons. The third-order valence-electron chi connectivity index (χ3n) is 4.61. The van der Waals surface area contributed by atoms with Gasteiger partial charge in [0.1, 0.15) is 15.3 Å². The van der Waals surface area contributed by atoms with Crippen molar-refractivity contribution in [3.8, 4) is 0 Å². The van der Waals surface area contributed by atoms with E-state index in [1.807, 2.05) is 0 Å². The summed E-state index contributed by atoms with van der Waals surface area (Å²) in [4.78, 5) is 10.1. The second-order valence-electron chi connectivity index (χ2n) is 6.37. The van der Waals surface area contributed by atoms with Crippen molar-refractivity contribution in [2.24, 2.45) is 17.8 Å². The number of hydrogen-bond donors (Lipinski definition) is 1. The van der Waals surface area contributed by atoms with Crippen LogP contribution in [-0.4, -0.2) is 41.4 Å². The smallest absolute Gasteiger partial charge is 0.465 e. The van der Waals surface area contributed by atoms with Gasteiger partial charge in [0.25, 0.3) is 0 Å². The number of fused-ring (bicyclic) bond motifs is 2. The summed E-state index contributed by atoms with van der Waals surface area (Å²) in [5, 5.41) is 0. The Hall–Kier alpha value is -1.23. The molecule has 0 heterocycles. The quantitative estimate of drug-likeness (QED) is 0.335. The predicted octanol–water partition coefficient (Wildman–Crippen LogP) is 3.44. The summed E-state index contributed by atoms with van der Waals surface area (Å²) >= 11 is 0. The molecule has 26 heavy (non-hydrogen) atoms. The lowest BCUT2D eigenvalue weighted by molar-refractivity contribution is -0.147. The first kappa shape index (κ1) is 22.8. The van der Waals surface area contributed by atoms with Crippen molar-refractivity contribution >= 4 is 21.5 Å². The molecule has 2 aliphatic rings. The zero-order chi connectivity index (χ0) is 20.3. The molecule has 0 saturated heterocycles. The van der Waals surface area contributed by atoms with E-state index in [0.29, 0.717) is 11.8 Å². The van der Waals surface area contributed by atoms with Gasteiger partial charge in [-0.15, -0.1) is 0 Å². The molecule has 0 amide bonds. The number of methoxy groups -OCH3 is 1. The van der Waals surface area contributed by atoms with Gasteiger partial charge in [0.05, 0.1) is 7.11 Å². The normalized spacial score (nSPS) is 27.3. The van der Waals surface area contributed by atoms with E-state index < -0.39 is 32.9 Å². The van der Waals surface area contributed by atoms with Crippen molar-refractivity contribution in [3.05, 3.63) is 12.2 Å². The van der Waals surface area contributed by atoms with E-state index in [1.54, 1.807) is 0 Å². The first-order valence-corrected chi connectivity index (χ1v) is 9.44. The molecule has 2 saturated carbocycles. The standard InChI is InChI=1S/C10H16F3NOS.C5H5F3O2/c1-16(15,10(11,12)13)14-6-9-5-7-2-3-8(9)4-7;1-3(4(9)10-2)5(6,7)8/h7-9H,1-6H2,(H,14,15);1H2,2H3. The number of carbonyl (C=O) groups is 1. The molecule has 0 aliphatic heterocycles. The number of hydrogen-bond acceptors (Lipinski definition) is 3. The van der Waals surface area contributed by atoms with Crippen LogP contribution in [-0.2, 0) is 19.2 Å². The highest BCUT2D eigenvalue weighted by Crippen LogP contribution is 2.48. The fraction of sp³-hybridized carbons (Fsp3) is 0.733. The summed E-state index contributed by atoms with van der Waals surface area (Å²) < 4.78 is 88.5. The van der Waals surface area contributed by atoms with Crippen LogP contribution in [0, 0.1) is 17.8 Å². The lowest BCUT2D eigenvalue weighted by atomic mass is 9.89. The molecule has 1 N–H and O–H groups in total. The Labute approximate surface area is 148 Å². The fourth-order valence-corrected chi connectivity index (χ4v) is 3.84. The van der Waals surface area contributed by atoms with Crippen molar-refractivity contribution in [1.29, 1.82) is 0 Å². The van der Waals surface area contributed by atoms with E-state index >= 15 is 0 Å². The number of carbonyl (C=O) groups excluding carboxylic acids is 1. The minimum Gasteiger partial charge on any atom is -0.465 e. The summed E-state index contributed by atoms with van der Waals surface area (Å²) in [6.45, 7) is 2.68. The van der Waals surface area contributed by atoms with E-state index in [9.17, 15) is 35.3 Å². The van der Waals surface area contributed by atoms with Crippen LogP contribution in [0.1, 0.15) is 25.7 Å². The van der Waals surface area contributed by atoms with Crippen LogP contribution < -0.4 is 4.72 Å². The second kappa shape index (κ2) is 8.20. The first-order chi connectivity index (χ1) is 11.7. The molecular weight excluding hydrogens is 388 g/mol. The van der Waals surface area contributed by atoms with Gasteiger partial charge in [0, 0.05) is 6.54 Å². The Morgan fingerprint density at radius 3 is 2.08 bits per heavy atom. The highest BCUT2D eigenvalue weighted by Gasteiger charge is 2.43. The maximum absolute atomic E-state index is 12.3. The van der Waals surface area contributed by atoms with Crippen LogP contribution in [0.4, 0.5) is 26.3 Å². The Morgan fingerprint density at radius 2 is 1.77 bits per heavy atom. The molecule has 0 spiro atoms. The third-order valence-corrected chi connectivity index (χ3v) is 5.99. The maximum Gasteiger partial charge on any atom is 0.476 e. The largest absolute Gasteiger partial charge is 0.476 e. The van der Waals surface area contributed by atoms with Gasteiger partial charge in [-0.3, -0.25) is 0 Å². The number of halogens is 6. The number of rotatable bonds is 4. The molecule has 2 rings (SSSR count). The Balaban J connectivity index is 0.000000294. The number of esters is 1. The summed E-state index contributed by atoms with van der Waals surface area (Å²) in [5.74, 6) is 2.77. The van der Waals surface area contributed by atoms with E-state index in [1.165, 1.54) is 6.42 Å². The molecular formula is C15H21F6NO3S. The topological polar surface area (TPSA) is 55.4 Å². The van der Waals surface area contributed by atoms with Gasteiger partial charge >= 0.3 is 17.7 Å². The second-order valence-corrected chi connectivity index (χ2v) is 8.47. The Kier molecular flexibility index (Phi) is 7.19. The van der Waals surface area contributed by atoms with Crippen molar-refractivity contribution in [1.82, 2.24) is 4.72 Å². The summed E-state index contributed by atoms with van der Waals surface area (Å²) in [6, 6.07) is 0. The molecule has 0 aromatic carbocycles. The van der Waals surface area contributed by atoms with Crippen LogP contribution in [0.25, 0.3) is 0 Å². The molecule has 4 nitrogen and oxygen atoms in total. The van der Waals surface area contributed by atoms with Crippen LogP contribution in [0.3, 0.4) is 0 Å². The van der Waals surface area contributed by atoms with Crippen molar-refractivity contribution in [3.63, 3.8) is 0 Å². The van der Waals surface area contributed by atoms with Crippen molar-refractivity contribution in [2.45, 2.75) is 37.4 Å². The predicted molar refractivity (Wildman–Crippen MR) is 85.5 cm³/mol. The van der Waals surface area contributed by atoms with Crippen molar-refractivity contribution in [2.75, 3.05) is 13.7 Å². The first-order valence-electron chi connectivity index (χ1n) is 7.71. The van der Waals surface area contributed by atoms with E-state index in [-0.39, 0.29) is 12.5 Å². The molecule has 2 fully saturated rings. The van der Waals surface area contributed by atoms with Crippen LogP contribution in [0.15, 0.2) is 12.2 Å². The zero-order valence-electron chi connectivity index (χ0n) is 14.1. The number of ether oxygens (including phenoxy) is 1. The minimum absolute atomic E-state index is 0.184. The summed E-state index contributed by atoms with van der Waals surface area (Å²) in [7, 11) is -3.29. The van der Waals surface area contributed by atoms with Gasteiger partial charge in [-0.2, -0.15) is 26.3 Å². The minimum atomic E-state index is -4.75. The Bertz CT molecular complexity index is 626. The van der Waals surface area contributed by atoms with Gasteiger partial charge in [-0.1, -0.05) is 13.0 Å². The fourth-order valence-electron chi connectivity index (χ4n) is 3.19. The molecule has 2 bridgehead atoms. The molecule has 4 atom stereocenters. The van der Waals surface area contributed by atoms with Gasteiger partial charge in [-0.25, -0.2) is 13.7 Å². The maximum atomic E-state index is 12.3. The average molecular weight is 409 g/mol. The van der Waals surface area contributed by atoms with Crippen LogP contribution >= 0.6 is 0 Å². The molecule has 0 aromatic rings. The Morgan fingerprint density at radius 1 is 1.19 bits per heavy atom. The molecule has 11 heteroatoms. The van der Waals surface area contributed by atoms with E-state index in [0.717, 1.165) is 26.4 Å². The van der Waals surface area contributed by atoms with E-state index in [4.69, 9.17) is 0 Å². The summed E-state index contributed by atoms with van der Waals surface area (Å²) in [5.41, 5.74) is -6.24. The third kappa shape index (κ3) is 5.90. The number of alkyl halides is 6. The van der Waals surface area contributed by atoms with Gasteiger partial charge in [0.2, 0.25) is 0 Å². The van der Waals surface area contributed by atoms with Gasteiger partial charge in [-0.05, 0) is 42.9 Å². The molecule has 2 aliphatic carbocycles. The van der Waals surface area contributed by atoms with Crippen LogP contribution in [0.5, 0.6) is 0 Å². The molecule has 4 unspecified atom stereocenters. The average Bonchev–Trinajstić information content (AvgIpc) is 3.13. The van der Waals surface area contributed by atoms with E-state index in [2.05, 4.69) is 21.9 Å². The van der Waals surface area contributed by atoms with Gasteiger partial charge in [0.15, 0.2) is 0 Å². The zero-order valence-corrected chi connectivity index (χ0v) is 14.9. The van der Waals surface area contributed by atoms with Crippen molar-refractivity contribution < 1.29 is 40.1 Å². The van der Waals surface area contributed by atoms with Gasteiger partial charge < -0.3 is 4.74 Å². The SMILES string of the molecule is C=C(C(=O)OC)C(F)(F)F.C=S(=O)(NCC1CC2CCC1C2)C(F)(F)F. The lowest BCUT2D eigenvalue weighted by Crippen LogP contribution is -2.39. The highest BCUT2D eigenvalue weighted by molar-refractivity contribution is 7.99. The molecule has 0 aromatic heterocycles. The monoisotopic (exact) mass is 409 g/mol. The van der Waals surface area contributed by atoms with Crippen LogP contribution in [0.2, 0.25) is 0 Å². The summed E-state index contributed by atoms with van der Waals surface area (Å²) in [6.07, 6.45) is -0.254. The number of nitrogens with one attached hydrogen (secondary N) is 1.